The molecule has 3 heteroatoms. The lowest BCUT2D eigenvalue weighted by Crippen LogP contribution is -2.17. The Balaban J connectivity index is 1.94. The van der Waals surface area contributed by atoms with Crippen molar-refractivity contribution in [1.29, 1.82) is 0 Å². The summed E-state index contributed by atoms with van der Waals surface area (Å²) in [6, 6.07) is 0.634. The summed E-state index contributed by atoms with van der Waals surface area (Å²) in [5, 5.41) is 7.68. The quantitative estimate of drug-likeness (QED) is 0.781. The fraction of sp³-hybridized carbons (Fsp3) is 0.727. The zero-order valence-electron chi connectivity index (χ0n) is 9.25. The van der Waals surface area contributed by atoms with Crippen LogP contribution in [0.3, 0.4) is 0 Å². The van der Waals surface area contributed by atoms with Crippen molar-refractivity contribution in [3.63, 3.8) is 0 Å². The Labute approximate surface area is 85.5 Å². The summed E-state index contributed by atoms with van der Waals surface area (Å²) in [4.78, 5) is 0. The van der Waals surface area contributed by atoms with Gasteiger partial charge in [-0.15, -0.1) is 0 Å². The summed E-state index contributed by atoms with van der Waals surface area (Å²) in [6.45, 7) is 4.69. The van der Waals surface area contributed by atoms with Gasteiger partial charge in [-0.05, 0) is 24.7 Å². The van der Waals surface area contributed by atoms with E-state index >= 15 is 0 Å². The van der Waals surface area contributed by atoms with Gasteiger partial charge in [0, 0.05) is 19.3 Å². The number of aryl methyl sites for hydroxylation is 1. The van der Waals surface area contributed by atoms with Crippen LogP contribution < -0.4 is 5.32 Å². The second kappa shape index (κ2) is 3.30. The molecule has 0 aromatic carbocycles. The van der Waals surface area contributed by atoms with Crippen molar-refractivity contribution in [2.75, 3.05) is 5.32 Å². The molecule has 1 aromatic heterocycles. The molecule has 0 aliphatic heterocycles. The third-order valence-electron chi connectivity index (χ3n) is 3.04. The Morgan fingerprint density at radius 2 is 2.36 bits per heavy atom. The SMILES string of the molecule is Cn1cc(NC2CCC(C)(C)C2)cn1. The molecule has 0 spiro atoms. The molecule has 1 unspecified atom stereocenters. The second-order valence-electron chi connectivity index (χ2n) is 5.15. The molecule has 1 aliphatic rings. The van der Waals surface area contributed by atoms with Crippen LogP contribution in [-0.2, 0) is 7.05 Å². The first-order chi connectivity index (χ1) is 6.55. The van der Waals surface area contributed by atoms with E-state index < -0.39 is 0 Å². The lowest BCUT2D eigenvalue weighted by atomic mass is 9.92. The van der Waals surface area contributed by atoms with E-state index in [4.69, 9.17) is 0 Å². The van der Waals surface area contributed by atoms with Gasteiger partial charge in [-0.25, -0.2) is 0 Å². The molecule has 14 heavy (non-hydrogen) atoms. The fourth-order valence-electron chi connectivity index (χ4n) is 2.29. The number of hydrogen-bond donors (Lipinski definition) is 1. The van der Waals surface area contributed by atoms with Crippen molar-refractivity contribution in [2.24, 2.45) is 12.5 Å². The highest BCUT2D eigenvalue weighted by Gasteiger charge is 2.30. The molecule has 1 N–H and O–H groups in total. The number of rotatable bonds is 2. The number of nitrogens with one attached hydrogen (secondary N) is 1. The first-order valence-corrected chi connectivity index (χ1v) is 5.30. The standard InChI is InChI=1S/C11H19N3/c1-11(2)5-4-9(6-11)13-10-7-12-14(3)8-10/h7-9,13H,4-6H2,1-3H3. The Morgan fingerprint density at radius 1 is 1.57 bits per heavy atom. The van der Waals surface area contributed by atoms with E-state index in [9.17, 15) is 0 Å². The van der Waals surface area contributed by atoms with Crippen molar-refractivity contribution in [2.45, 2.75) is 39.2 Å². The Hall–Kier alpha value is -0.990. The van der Waals surface area contributed by atoms with Crippen LogP contribution in [0.1, 0.15) is 33.1 Å². The van der Waals surface area contributed by atoms with Crippen LogP contribution in [-0.4, -0.2) is 15.8 Å². The number of anilines is 1. The molecule has 1 aliphatic carbocycles. The van der Waals surface area contributed by atoms with Crippen LogP contribution in [0.5, 0.6) is 0 Å². The number of hydrogen-bond acceptors (Lipinski definition) is 2. The molecule has 1 atom stereocenters. The van der Waals surface area contributed by atoms with Gasteiger partial charge in [0.25, 0.3) is 0 Å². The van der Waals surface area contributed by atoms with Gasteiger partial charge in [0.05, 0.1) is 11.9 Å². The molecule has 0 amide bonds. The Morgan fingerprint density at radius 3 is 2.86 bits per heavy atom. The van der Waals surface area contributed by atoms with Gasteiger partial charge in [-0.3, -0.25) is 4.68 Å². The monoisotopic (exact) mass is 193 g/mol. The van der Waals surface area contributed by atoms with E-state index in [1.165, 1.54) is 19.3 Å². The van der Waals surface area contributed by atoms with Gasteiger partial charge < -0.3 is 5.32 Å². The van der Waals surface area contributed by atoms with Crippen LogP contribution in [0.25, 0.3) is 0 Å². The summed E-state index contributed by atoms with van der Waals surface area (Å²) >= 11 is 0. The van der Waals surface area contributed by atoms with Crippen molar-refractivity contribution in [1.82, 2.24) is 9.78 Å². The average Bonchev–Trinajstić information content (AvgIpc) is 2.59. The molecule has 3 nitrogen and oxygen atoms in total. The van der Waals surface area contributed by atoms with Gasteiger partial charge in [-0.2, -0.15) is 5.10 Å². The van der Waals surface area contributed by atoms with Crippen LogP contribution in [0, 0.1) is 5.41 Å². The van der Waals surface area contributed by atoms with E-state index in [0.717, 1.165) is 5.69 Å². The van der Waals surface area contributed by atoms with Gasteiger partial charge in [-0.1, -0.05) is 13.8 Å². The zero-order valence-corrected chi connectivity index (χ0v) is 9.25. The highest BCUT2D eigenvalue weighted by molar-refractivity contribution is 5.39. The molecule has 1 fully saturated rings. The van der Waals surface area contributed by atoms with Gasteiger partial charge in [0.1, 0.15) is 0 Å². The van der Waals surface area contributed by atoms with Crippen LogP contribution in [0.4, 0.5) is 5.69 Å². The topological polar surface area (TPSA) is 29.9 Å². The smallest absolute Gasteiger partial charge is 0.0728 e. The normalized spacial score (nSPS) is 25.2. The molecule has 0 saturated heterocycles. The van der Waals surface area contributed by atoms with Crippen molar-refractivity contribution < 1.29 is 0 Å². The maximum Gasteiger partial charge on any atom is 0.0728 e. The molecule has 2 rings (SSSR count). The van der Waals surface area contributed by atoms with Crippen LogP contribution >= 0.6 is 0 Å². The van der Waals surface area contributed by atoms with Gasteiger partial charge in [0.15, 0.2) is 0 Å². The minimum Gasteiger partial charge on any atom is -0.380 e. The van der Waals surface area contributed by atoms with E-state index in [0.29, 0.717) is 11.5 Å². The zero-order chi connectivity index (χ0) is 10.2. The largest absolute Gasteiger partial charge is 0.380 e. The van der Waals surface area contributed by atoms with E-state index in [-0.39, 0.29) is 0 Å². The van der Waals surface area contributed by atoms with Crippen molar-refractivity contribution >= 4 is 5.69 Å². The first-order valence-electron chi connectivity index (χ1n) is 5.30. The number of aromatic nitrogens is 2. The summed E-state index contributed by atoms with van der Waals surface area (Å²) in [5.74, 6) is 0. The molecule has 0 bridgehead atoms. The molecule has 1 aromatic rings. The molecular weight excluding hydrogens is 174 g/mol. The third kappa shape index (κ3) is 2.08. The lowest BCUT2D eigenvalue weighted by molar-refractivity contribution is 0.378. The fourth-order valence-corrected chi connectivity index (χ4v) is 2.29. The highest BCUT2D eigenvalue weighted by atomic mass is 15.3. The summed E-state index contributed by atoms with van der Waals surface area (Å²) in [6.07, 6.45) is 7.80. The predicted octanol–water partition coefficient (Wildman–Crippen LogP) is 2.41. The Kier molecular flexibility index (Phi) is 2.25. The summed E-state index contributed by atoms with van der Waals surface area (Å²) in [5.41, 5.74) is 1.66. The maximum atomic E-state index is 4.15. The van der Waals surface area contributed by atoms with Crippen molar-refractivity contribution in [3.8, 4) is 0 Å². The lowest BCUT2D eigenvalue weighted by Gasteiger charge is -2.17. The van der Waals surface area contributed by atoms with E-state index in [1.54, 1.807) is 0 Å². The molecular formula is C11H19N3. The van der Waals surface area contributed by atoms with Gasteiger partial charge >= 0.3 is 0 Å². The predicted molar refractivity (Wildman–Crippen MR) is 58.3 cm³/mol. The van der Waals surface area contributed by atoms with Crippen molar-refractivity contribution in [3.05, 3.63) is 12.4 Å². The molecule has 78 valence electrons. The molecule has 1 saturated carbocycles. The minimum absolute atomic E-state index is 0.514. The summed E-state index contributed by atoms with van der Waals surface area (Å²) in [7, 11) is 1.95. The Bertz CT molecular complexity index is 314. The summed E-state index contributed by atoms with van der Waals surface area (Å²) < 4.78 is 1.84. The van der Waals surface area contributed by atoms with E-state index in [2.05, 4.69) is 24.3 Å². The third-order valence-corrected chi connectivity index (χ3v) is 3.04. The first kappa shape index (κ1) is 9.56. The van der Waals surface area contributed by atoms with Gasteiger partial charge in [0.2, 0.25) is 0 Å². The highest BCUT2D eigenvalue weighted by Crippen LogP contribution is 2.38. The van der Waals surface area contributed by atoms with E-state index in [1.807, 2.05) is 24.1 Å². The van der Waals surface area contributed by atoms with Crippen LogP contribution in [0.2, 0.25) is 0 Å². The number of nitrogens with zero attached hydrogens (tertiary/aromatic N) is 2. The minimum atomic E-state index is 0.514. The maximum absolute atomic E-state index is 4.15. The average molecular weight is 193 g/mol. The van der Waals surface area contributed by atoms with Crippen LogP contribution in [0.15, 0.2) is 12.4 Å². The molecule has 0 radical (unpaired) electrons. The second-order valence-corrected chi connectivity index (χ2v) is 5.15. The molecule has 1 heterocycles.